The molecule has 0 saturated heterocycles. The van der Waals surface area contributed by atoms with E-state index in [1.807, 2.05) is 31.2 Å². The minimum Gasteiger partial charge on any atom is -0.353 e. The van der Waals surface area contributed by atoms with Gasteiger partial charge in [0.05, 0.1) is 17.9 Å². The van der Waals surface area contributed by atoms with Crippen LogP contribution in [0.15, 0.2) is 40.3 Å². The van der Waals surface area contributed by atoms with Crippen LogP contribution in [0, 0.1) is 6.92 Å². The van der Waals surface area contributed by atoms with E-state index >= 15 is 0 Å². The number of carbonyl (C=O) groups excluding carboxylic acids is 2. The number of benzene rings is 1. The summed E-state index contributed by atoms with van der Waals surface area (Å²) in [6.07, 6.45) is 2.07. The molecule has 8 heteroatoms. The van der Waals surface area contributed by atoms with Gasteiger partial charge in [-0.05, 0) is 37.5 Å². The summed E-state index contributed by atoms with van der Waals surface area (Å²) in [6.45, 7) is 1.95. The Morgan fingerprint density at radius 2 is 2.08 bits per heavy atom. The zero-order chi connectivity index (χ0) is 18.5. The maximum Gasteiger partial charge on any atom is 0.251 e. The molecule has 1 aliphatic rings. The van der Waals surface area contributed by atoms with Crippen molar-refractivity contribution in [1.82, 2.24) is 15.3 Å². The van der Waals surface area contributed by atoms with Crippen LogP contribution < -0.4 is 16.2 Å². The quantitative estimate of drug-likeness (QED) is 0.506. The fourth-order valence-electron chi connectivity index (χ4n) is 2.37. The Balaban J connectivity index is 1.55. The maximum absolute atomic E-state index is 12.1. The van der Waals surface area contributed by atoms with Gasteiger partial charge in [-0.3, -0.25) is 14.4 Å². The number of aromatic nitrogens is 2. The Kier molecular flexibility index (Phi) is 5.72. The highest BCUT2D eigenvalue weighted by molar-refractivity contribution is 7.99. The molecule has 7 nitrogen and oxygen atoms in total. The zero-order valence-corrected chi connectivity index (χ0v) is 15.2. The van der Waals surface area contributed by atoms with Crippen molar-refractivity contribution in [2.24, 2.45) is 0 Å². The molecule has 2 aromatic rings. The number of nitrogens with one attached hydrogen (secondary N) is 3. The van der Waals surface area contributed by atoms with Crippen molar-refractivity contribution in [3.05, 3.63) is 51.9 Å². The molecule has 3 rings (SSSR count). The molecule has 0 unspecified atom stereocenters. The van der Waals surface area contributed by atoms with Crippen LogP contribution in [0.2, 0.25) is 0 Å². The van der Waals surface area contributed by atoms with E-state index in [0.717, 1.165) is 35.9 Å². The Morgan fingerprint density at radius 1 is 1.27 bits per heavy atom. The lowest BCUT2D eigenvalue weighted by molar-refractivity contribution is -0.120. The summed E-state index contributed by atoms with van der Waals surface area (Å²) < 4.78 is 0. The van der Waals surface area contributed by atoms with E-state index in [9.17, 15) is 14.4 Å². The van der Waals surface area contributed by atoms with Gasteiger partial charge in [0.15, 0.2) is 5.16 Å². The number of hydrogen-bond acceptors (Lipinski definition) is 5. The van der Waals surface area contributed by atoms with Crippen molar-refractivity contribution in [2.45, 2.75) is 37.4 Å². The Bertz CT molecular complexity index is 877. The molecule has 0 atom stereocenters. The summed E-state index contributed by atoms with van der Waals surface area (Å²) in [5.74, 6) is -0.229. The molecular weight excluding hydrogens is 352 g/mol. The third-order valence-electron chi connectivity index (χ3n) is 3.70. The van der Waals surface area contributed by atoms with E-state index in [4.69, 9.17) is 0 Å². The van der Waals surface area contributed by atoms with E-state index in [-0.39, 0.29) is 35.6 Å². The van der Waals surface area contributed by atoms with Crippen molar-refractivity contribution in [2.75, 3.05) is 11.1 Å². The normalized spacial score (nSPS) is 13.3. The van der Waals surface area contributed by atoms with E-state index in [0.29, 0.717) is 10.9 Å². The van der Waals surface area contributed by atoms with Gasteiger partial charge in [0, 0.05) is 17.8 Å². The van der Waals surface area contributed by atoms with Crippen LogP contribution in [-0.2, 0) is 16.0 Å². The van der Waals surface area contributed by atoms with Crippen molar-refractivity contribution in [3.8, 4) is 0 Å². The third-order valence-corrected chi connectivity index (χ3v) is 4.57. The number of carbonyl (C=O) groups is 2. The molecule has 0 aliphatic heterocycles. The second-order valence-corrected chi connectivity index (χ2v) is 7.23. The largest absolute Gasteiger partial charge is 0.353 e. The Morgan fingerprint density at radius 3 is 2.81 bits per heavy atom. The molecule has 1 fully saturated rings. The molecule has 1 aromatic heterocycles. The standard InChI is InChI=1S/C18H20N4O3S/c1-11-3-2-4-13(7-11)20-17(25)10-26-18-21-14(9-16(24)22-18)8-15(23)19-12-5-6-12/h2-4,7,9,12H,5-6,8,10H2,1H3,(H,19,23)(H,20,25)(H,21,22,24). The molecule has 3 N–H and O–H groups in total. The van der Waals surface area contributed by atoms with E-state index in [1.165, 1.54) is 6.07 Å². The number of thioether (sulfide) groups is 1. The summed E-state index contributed by atoms with van der Waals surface area (Å²) in [6, 6.07) is 9.08. The topological polar surface area (TPSA) is 104 Å². The highest BCUT2D eigenvalue weighted by Crippen LogP contribution is 2.19. The van der Waals surface area contributed by atoms with Crippen LogP contribution in [0.1, 0.15) is 24.1 Å². The lowest BCUT2D eigenvalue weighted by atomic mass is 10.2. The van der Waals surface area contributed by atoms with Crippen LogP contribution in [-0.4, -0.2) is 33.6 Å². The minimum absolute atomic E-state index is 0.0590. The second kappa shape index (κ2) is 8.18. The first-order valence-corrected chi connectivity index (χ1v) is 9.35. The number of anilines is 1. The predicted octanol–water partition coefficient (Wildman–Crippen LogP) is 1.63. The van der Waals surface area contributed by atoms with Gasteiger partial charge >= 0.3 is 0 Å². The Labute approximate surface area is 155 Å². The van der Waals surface area contributed by atoms with Crippen molar-refractivity contribution in [1.29, 1.82) is 0 Å². The third kappa shape index (κ3) is 5.73. The molecular formula is C18H20N4O3S. The monoisotopic (exact) mass is 372 g/mol. The second-order valence-electron chi connectivity index (χ2n) is 6.27. The van der Waals surface area contributed by atoms with Gasteiger partial charge in [0.2, 0.25) is 11.8 Å². The van der Waals surface area contributed by atoms with Crippen molar-refractivity contribution >= 4 is 29.3 Å². The summed E-state index contributed by atoms with van der Waals surface area (Å²) in [4.78, 5) is 42.5. The fraction of sp³-hybridized carbons (Fsp3) is 0.333. The van der Waals surface area contributed by atoms with Crippen LogP contribution >= 0.6 is 11.8 Å². The molecule has 0 spiro atoms. The highest BCUT2D eigenvalue weighted by Gasteiger charge is 2.23. The van der Waals surface area contributed by atoms with E-state index in [1.54, 1.807) is 0 Å². The number of aryl methyl sites for hydroxylation is 1. The van der Waals surface area contributed by atoms with Gasteiger partial charge in [-0.15, -0.1) is 0 Å². The fourth-order valence-corrected chi connectivity index (χ4v) is 3.06. The van der Waals surface area contributed by atoms with Gasteiger partial charge in [-0.25, -0.2) is 4.98 Å². The highest BCUT2D eigenvalue weighted by atomic mass is 32.2. The lowest BCUT2D eigenvalue weighted by Gasteiger charge is -2.07. The number of nitrogens with zero attached hydrogens (tertiary/aromatic N) is 1. The van der Waals surface area contributed by atoms with Gasteiger partial charge in [-0.2, -0.15) is 0 Å². The van der Waals surface area contributed by atoms with Crippen LogP contribution in [0.3, 0.4) is 0 Å². The van der Waals surface area contributed by atoms with Crippen LogP contribution in [0.4, 0.5) is 5.69 Å². The molecule has 1 aromatic carbocycles. The Hall–Kier alpha value is -2.61. The molecule has 2 amide bonds. The molecule has 136 valence electrons. The smallest absolute Gasteiger partial charge is 0.251 e. The molecule has 0 bridgehead atoms. The molecule has 0 radical (unpaired) electrons. The number of hydrogen-bond donors (Lipinski definition) is 3. The molecule has 26 heavy (non-hydrogen) atoms. The SMILES string of the molecule is Cc1cccc(NC(=O)CSc2nc(CC(=O)NC3CC3)cc(=O)[nH]2)c1. The predicted molar refractivity (Wildman–Crippen MR) is 100 cm³/mol. The zero-order valence-electron chi connectivity index (χ0n) is 14.4. The van der Waals surface area contributed by atoms with E-state index in [2.05, 4.69) is 20.6 Å². The van der Waals surface area contributed by atoms with Crippen LogP contribution in [0.5, 0.6) is 0 Å². The number of aromatic amines is 1. The first-order chi connectivity index (χ1) is 12.5. The summed E-state index contributed by atoms with van der Waals surface area (Å²) >= 11 is 1.12. The summed E-state index contributed by atoms with van der Waals surface area (Å²) in [5.41, 5.74) is 1.84. The average molecular weight is 372 g/mol. The number of rotatable bonds is 7. The van der Waals surface area contributed by atoms with Gasteiger partial charge < -0.3 is 15.6 Å². The first kappa shape index (κ1) is 18.2. The van der Waals surface area contributed by atoms with Crippen molar-refractivity contribution < 1.29 is 9.59 Å². The average Bonchev–Trinajstić information content (AvgIpc) is 3.36. The molecule has 1 heterocycles. The molecule has 1 aliphatic carbocycles. The minimum atomic E-state index is -0.337. The molecule has 1 saturated carbocycles. The first-order valence-electron chi connectivity index (χ1n) is 8.37. The maximum atomic E-state index is 12.1. The lowest BCUT2D eigenvalue weighted by Crippen LogP contribution is -2.28. The van der Waals surface area contributed by atoms with Gasteiger partial charge in [0.1, 0.15) is 0 Å². The van der Waals surface area contributed by atoms with Gasteiger partial charge in [-0.1, -0.05) is 23.9 Å². The number of H-pyrrole nitrogens is 1. The van der Waals surface area contributed by atoms with Gasteiger partial charge in [0.25, 0.3) is 5.56 Å². The van der Waals surface area contributed by atoms with Crippen molar-refractivity contribution in [3.63, 3.8) is 0 Å². The summed E-state index contributed by atoms with van der Waals surface area (Å²) in [7, 11) is 0. The van der Waals surface area contributed by atoms with Crippen LogP contribution in [0.25, 0.3) is 0 Å². The van der Waals surface area contributed by atoms with E-state index < -0.39 is 0 Å². The summed E-state index contributed by atoms with van der Waals surface area (Å²) in [5, 5.41) is 5.99. The number of amides is 2.